The van der Waals surface area contributed by atoms with Gasteiger partial charge in [0.05, 0.1) is 78.1 Å². The number of piperidine rings is 4. The molecular weight excluding hydrogens is 1320 g/mol. The molecule has 0 saturated carbocycles. The van der Waals surface area contributed by atoms with E-state index in [1.807, 2.05) is 93.3 Å². The summed E-state index contributed by atoms with van der Waals surface area (Å²) in [6.45, 7) is 17.6. The third-order valence-electron chi connectivity index (χ3n) is 17.4. The van der Waals surface area contributed by atoms with Crippen molar-refractivity contribution in [2.75, 3.05) is 72.0 Å². The molecule has 4 saturated heterocycles. The number of fused-ring (bicyclic) bond motifs is 1. The van der Waals surface area contributed by atoms with Crippen molar-refractivity contribution in [3.05, 3.63) is 209 Å². The molecule has 14 rings (SSSR count). The van der Waals surface area contributed by atoms with Crippen LogP contribution in [0.4, 0.5) is 32.5 Å². The van der Waals surface area contributed by atoms with E-state index in [1.165, 1.54) is 41.0 Å². The number of rotatable bonds is 13. The minimum Gasteiger partial charge on any atom is -0.443 e. The third-order valence-corrected chi connectivity index (χ3v) is 17.7. The van der Waals surface area contributed by atoms with Crippen LogP contribution in [-0.2, 0) is 45.3 Å². The Hall–Kier alpha value is -10.7. The number of nitriles is 1. The molecule has 5 aliphatic rings. The Morgan fingerprint density at radius 2 is 1.14 bits per heavy atom. The minimum atomic E-state index is -0.813. The fraction of sp³-hybridized carbons (Fsp3) is 0.382. The number of carbonyl (C=O) groups excluding carboxylic acids is 5. The summed E-state index contributed by atoms with van der Waals surface area (Å²) < 4.78 is 25.4. The first-order chi connectivity index (χ1) is 49.2. The molecule has 4 fully saturated rings. The van der Waals surface area contributed by atoms with Crippen LogP contribution in [0.25, 0.3) is 11.3 Å². The number of halogens is 2. The van der Waals surface area contributed by atoms with E-state index in [9.17, 15) is 33.6 Å². The molecule has 5 aromatic heterocycles. The summed E-state index contributed by atoms with van der Waals surface area (Å²) in [5, 5.41) is 36.0. The molecule has 3 atom stereocenters. The number of hydrogen-bond acceptors (Lipinski definition) is 17. The highest BCUT2D eigenvalue weighted by Crippen LogP contribution is 2.35. The van der Waals surface area contributed by atoms with Crippen LogP contribution in [0, 0.1) is 17.1 Å². The summed E-state index contributed by atoms with van der Waals surface area (Å²) in [7, 11) is 0. The Morgan fingerprint density at radius 1 is 0.637 bits per heavy atom. The van der Waals surface area contributed by atoms with Crippen LogP contribution in [0.1, 0.15) is 124 Å². The lowest BCUT2D eigenvalue weighted by Crippen LogP contribution is -2.47. The van der Waals surface area contributed by atoms with Gasteiger partial charge in [0.2, 0.25) is 11.8 Å². The van der Waals surface area contributed by atoms with Crippen molar-refractivity contribution in [1.29, 1.82) is 5.26 Å². The average molecular weight is 1410 g/mol. The van der Waals surface area contributed by atoms with Gasteiger partial charge in [-0.2, -0.15) is 25.7 Å². The lowest BCUT2D eigenvalue weighted by atomic mass is 10.0. The fourth-order valence-electron chi connectivity index (χ4n) is 12.7. The van der Waals surface area contributed by atoms with Gasteiger partial charge in [0, 0.05) is 127 Å². The number of nitrogens with one attached hydrogen (secondary N) is 3. The first kappa shape index (κ1) is 74.0. The second-order valence-electron chi connectivity index (χ2n) is 26.9. The summed E-state index contributed by atoms with van der Waals surface area (Å²) in [6, 6.07) is 47.1. The number of nitrogens with zero attached hydrogens (tertiary/aromatic N) is 14. The lowest BCUT2D eigenvalue weighted by molar-refractivity contribution is -0.120. The van der Waals surface area contributed by atoms with E-state index in [1.54, 1.807) is 40.8 Å². The number of nitrogens with two attached hydrogens (primary N) is 1. The molecule has 5 N–H and O–H groups in total. The molecule has 5 aliphatic heterocycles. The van der Waals surface area contributed by atoms with Gasteiger partial charge in [0.1, 0.15) is 17.2 Å². The Bertz CT molecular complexity index is 4270. The van der Waals surface area contributed by atoms with Crippen molar-refractivity contribution in [3.8, 4) is 17.3 Å². The van der Waals surface area contributed by atoms with Crippen molar-refractivity contribution >= 4 is 64.5 Å². The largest absolute Gasteiger partial charge is 0.443 e. The molecule has 102 heavy (non-hydrogen) atoms. The zero-order valence-electron chi connectivity index (χ0n) is 58.5. The molecule has 4 aromatic carbocycles. The van der Waals surface area contributed by atoms with Gasteiger partial charge in [0.15, 0.2) is 23.2 Å². The van der Waals surface area contributed by atoms with Crippen LogP contribution in [0.15, 0.2) is 164 Å². The van der Waals surface area contributed by atoms with Gasteiger partial charge in [-0.3, -0.25) is 38.3 Å². The maximum absolute atomic E-state index is 14.3. The number of benzene rings is 4. The van der Waals surface area contributed by atoms with E-state index < -0.39 is 23.4 Å². The highest BCUT2D eigenvalue weighted by atomic mass is 35.5. The van der Waals surface area contributed by atoms with Gasteiger partial charge in [-0.1, -0.05) is 109 Å². The first-order valence-corrected chi connectivity index (χ1v) is 35.0. The quantitative estimate of drug-likeness (QED) is 0.0835. The zero-order chi connectivity index (χ0) is 72.1. The van der Waals surface area contributed by atoms with Gasteiger partial charge in [-0.05, 0) is 101 Å². The molecule has 0 bridgehead atoms. The molecule has 3 unspecified atom stereocenters. The summed E-state index contributed by atoms with van der Waals surface area (Å²) in [6.07, 6.45) is 15.2. The van der Waals surface area contributed by atoms with Crippen LogP contribution < -0.4 is 36.0 Å². The molecular formula is C76H90ClFN18O6. The van der Waals surface area contributed by atoms with Crippen LogP contribution in [-0.4, -0.2) is 155 Å². The van der Waals surface area contributed by atoms with Crippen molar-refractivity contribution in [2.24, 2.45) is 5.73 Å². The van der Waals surface area contributed by atoms with Crippen molar-refractivity contribution in [1.82, 2.24) is 60.1 Å². The van der Waals surface area contributed by atoms with Gasteiger partial charge < -0.3 is 40.7 Å². The van der Waals surface area contributed by atoms with E-state index in [-0.39, 0.29) is 69.6 Å². The Kier molecular flexibility index (Phi) is 25.8. The number of anilines is 4. The highest BCUT2D eigenvalue weighted by molar-refractivity contribution is 6.35. The van der Waals surface area contributed by atoms with E-state index in [0.29, 0.717) is 18.7 Å². The van der Waals surface area contributed by atoms with Crippen LogP contribution in [0.5, 0.6) is 0 Å². The second-order valence-corrected chi connectivity index (χ2v) is 27.3. The maximum atomic E-state index is 14.3. The van der Waals surface area contributed by atoms with Crippen LogP contribution in [0.2, 0.25) is 5.02 Å². The SMILES string of the molecule is CC(=O)NC1CCCN(c2ccn(Cc3ccccc3)n2)C1.CC(=O)NC1CCCN(c2ccn[nH]2)C1.CC(C)(C)OC(=O)N1Cc2nc(-c3c(F)cccc3C#N)cc(Cl)c2C1=O.NC1CCCN(c2ccn(Cc3ccccc3)n2)C1.O=C1CCCN(c2ccn(Cc3ccccc3)n2)C1. The fourth-order valence-corrected chi connectivity index (χ4v) is 13.0. The number of ketones is 1. The number of carbonyl (C=O) groups is 5. The molecule has 26 heteroatoms. The zero-order valence-corrected chi connectivity index (χ0v) is 59.3. The molecule has 0 radical (unpaired) electrons. The normalized spacial score (nSPS) is 17.2. The van der Waals surface area contributed by atoms with E-state index >= 15 is 0 Å². The third kappa shape index (κ3) is 21.4. The monoisotopic (exact) mass is 1400 g/mol. The number of Topliss-reactive ketones (excluding diaryl/α,β-unsaturated/α-hetero) is 1. The van der Waals surface area contributed by atoms with Crippen LogP contribution in [0.3, 0.4) is 0 Å². The molecule has 0 spiro atoms. The minimum absolute atomic E-state index is 0.00660. The second kappa shape index (κ2) is 35.6. The Balaban J connectivity index is 0.000000139. The number of hydrogen-bond donors (Lipinski definition) is 4. The molecule has 534 valence electrons. The molecule has 4 amide bonds. The van der Waals surface area contributed by atoms with E-state index in [2.05, 4.69) is 121 Å². The number of imide groups is 1. The molecule has 0 aliphatic carbocycles. The first-order valence-electron chi connectivity index (χ1n) is 34.7. The van der Waals surface area contributed by atoms with Gasteiger partial charge >= 0.3 is 6.09 Å². The number of aromatic amines is 1. The number of pyridine rings is 1. The van der Waals surface area contributed by atoms with Gasteiger partial charge in [-0.15, -0.1) is 0 Å². The number of H-pyrrole nitrogens is 1. The van der Waals surface area contributed by atoms with Crippen molar-refractivity contribution in [3.63, 3.8) is 0 Å². The Labute approximate surface area is 599 Å². The van der Waals surface area contributed by atoms with Crippen LogP contribution >= 0.6 is 11.6 Å². The summed E-state index contributed by atoms with van der Waals surface area (Å²) in [5.74, 6) is 3.12. The van der Waals surface area contributed by atoms with Crippen molar-refractivity contribution in [2.45, 2.75) is 136 Å². The predicted octanol–water partition coefficient (Wildman–Crippen LogP) is 10.8. The Morgan fingerprint density at radius 3 is 1.63 bits per heavy atom. The van der Waals surface area contributed by atoms with E-state index in [0.717, 1.165) is 139 Å². The lowest BCUT2D eigenvalue weighted by Gasteiger charge is -2.33. The number of aromatic nitrogens is 9. The summed E-state index contributed by atoms with van der Waals surface area (Å²) in [4.78, 5) is 72.5. The van der Waals surface area contributed by atoms with Gasteiger partial charge in [-0.25, -0.2) is 19.1 Å². The predicted molar refractivity (Wildman–Crippen MR) is 391 cm³/mol. The highest BCUT2D eigenvalue weighted by Gasteiger charge is 2.38. The molecule has 10 heterocycles. The molecule has 9 aromatic rings. The smallest absolute Gasteiger partial charge is 0.417 e. The van der Waals surface area contributed by atoms with Crippen molar-refractivity contribution < 1.29 is 33.1 Å². The van der Waals surface area contributed by atoms with E-state index in [4.69, 9.17) is 22.1 Å². The maximum Gasteiger partial charge on any atom is 0.417 e. The number of ether oxygens (including phenoxy) is 1. The standard InChI is InChI=1S/C19H15ClFN3O3.C17H22N4O.C15H20N4.C15H17N3O.C10H16N4O/c1-19(2,3)27-18(26)24-9-14-16(17(24)25)11(20)7-13(23-14)15-10(8-22)5-4-6-12(15)21;1-14(22)18-16-8-5-10-20(13-16)17-9-11-21(19-17)12-15-6-3-2-4-7-15;16-14-7-4-9-18(12-14)15-8-10-19(17-15)11-13-5-2-1-3-6-13;19-14-7-4-9-17(12-14)15-8-10-18(16-15)11-13-5-2-1-3-6-13;1-8(15)12-9-3-2-6-14(7-9)10-4-5-11-13-10/h4-7H,9H2,1-3H3;2-4,6-7,9,11,16H,5,8,10,12-13H2,1H3,(H,18,22);1-3,5-6,8,10,14H,4,7,9,11-12,16H2;1-3,5-6,8,10H,4,7,9,11-12H2;4-5,9H,2-3,6-7H2,1H3,(H,11,13)(H,12,15). The molecule has 24 nitrogen and oxygen atoms in total. The summed E-state index contributed by atoms with van der Waals surface area (Å²) in [5.41, 5.74) is 9.48. The number of amides is 4. The van der Waals surface area contributed by atoms with Gasteiger partial charge in [0.25, 0.3) is 5.91 Å². The topological polar surface area (TPSA) is 280 Å². The average Bonchev–Trinajstić information content (AvgIpc) is 1.54. The summed E-state index contributed by atoms with van der Waals surface area (Å²) >= 11 is 6.23.